The number of anilines is 2. The van der Waals surface area contributed by atoms with E-state index in [4.69, 9.17) is 5.73 Å². The van der Waals surface area contributed by atoms with Gasteiger partial charge in [-0.3, -0.25) is 19.8 Å². The van der Waals surface area contributed by atoms with Crippen LogP contribution < -0.4 is 10.5 Å². The maximum absolute atomic E-state index is 11.9. The van der Waals surface area contributed by atoms with E-state index in [2.05, 4.69) is 14.7 Å². The molecule has 0 aliphatic carbocycles. The zero-order valence-electron chi connectivity index (χ0n) is 9.18. The van der Waals surface area contributed by atoms with E-state index >= 15 is 0 Å². The second kappa shape index (κ2) is 4.78. The van der Waals surface area contributed by atoms with E-state index in [1.165, 1.54) is 18.6 Å². The van der Waals surface area contributed by atoms with Gasteiger partial charge in [0.25, 0.3) is 10.0 Å². The van der Waals surface area contributed by atoms with Crippen molar-refractivity contribution in [2.75, 3.05) is 10.5 Å². The molecule has 0 amide bonds. The van der Waals surface area contributed by atoms with E-state index in [1.54, 1.807) is 0 Å². The monoisotopic (exact) mass is 301 g/mol. The van der Waals surface area contributed by atoms with E-state index in [9.17, 15) is 18.5 Å². The Morgan fingerprint density at radius 1 is 1.42 bits per heavy atom. The van der Waals surface area contributed by atoms with Crippen molar-refractivity contribution in [2.24, 2.45) is 0 Å². The van der Waals surface area contributed by atoms with Crippen LogP contribution >= 0.6 is 11.3 Å². The first-order valence-corrected chi connectivity index (χ1v) is 7.02. The molecule has 11 heteroatoms. The molecular formula is C8H7N5O4S2. The molecular weight excluding hydrogens is 294 g/mol. The van der Waals surface area contributed by atoms with Gasteiger partial charge in [0.15, 0.2) is 10.8 Å². The molecule has 0 aliphatic heterocycles. The summed E-state index contributed by atoms with van der Waals surface area (Å²) >= 11 is 0.606. The quantitative estimate of drug-likeness (QED) is 0.629. The van der Waals surface area contributed by atoms with Crippen LogP contribution in [0.5, 0.6) is 0 Å². The highest BCUT2D eigenvalue weighted by atomic mass is 32.2. The van der Waals surface area contributed by atoms with Crippen LogP contribution in [0.2, 0.25) is 0 Å². The average Bonchev–Trinajstić information content (AvgIpc) is 2.73. The topological polar surface area (TPSA) is 141 Å². The van der Waals surface area contributed by atoms with Crippen LogP contribution in [0.4, 0.5) is 16.5 Å². The molecule has 2 aromatic heterocycles. The number of nitrogens with one attached hydrogen (secondary N) is 1. The summed E-state index contributed by atoms with van der Waals surface area (Å²) < 4.78 is 25.8. The van der Waals surface area contributed by atoms with E-state index in [-0.39, 0.29) is 15.0 Å². The van der Waals surface area contributed by atoms with Gasteiger partial charge in [-0.25, -0.2) is 13.4 Å². The summed E-state index contributed by atoms with van der Waals surface area (Å²) in [4.78, 5) is 17.3. The van der Waals surface area contributed by atoms with Crippen LogP contribution in [0.3, 0.4) is 0 Å². The molecule has 3 N–H and O–H groups in total. The van der Waals surface area contributed by atoms with Gasteiger partial charge in [0, 0.05) is 18.5 Å². The molecule has 0 unspecified atom stereocenters. The summed E-state index contributed by atoms with van der Waals surface area (Å²) in [6.45, 7) is 0. The van der Waals surface area contributed by atoms with Crippen LogP contribution in [-0.2, 0) is 10.0 Å². The molecule has 19 heavy (non-hydrogen) atoms. The predicted octanol–water partition coefficient (Wildman–Crippen LogP) is 0.829. The Labute approximate surface area is 111 Å². The Morgan fingerprint density at radius 3 is 2.68 bits per heavy atom. The second-order valence-electron chi connectivity index (χ2n) is 3.27. The van der Waals surface area contributed by atoms with Crippen molar-refractivity contribution in [2.45, 2.75) is 4.21 Å². The zero-order chi connectivity index (χ0) is 14.0. The van der Waals surface area contributed by atoms with Gasteiger partial charge in [-0.15, -0.1) is 0 Å². The normalized spacial score (nSPS) is 11.2. The maximum atomic E-state index is 11.9. The number of thiophene rings is 1. The Kier molecular flexibility index (Phi) is 3.31. The number of nitrogen functional groups attached to an aromatic ring is 1. The molecule has 0 bridgehead atoms. The van der Waals surface area contributed by atoms with Crippen LogP contribution in [0.25, 0.3) is 0 Å². The molecule has 0 spiro atoms. The van der Waals surface area contributed by atoms with Gasteiger partial charge >= 0.3 is 5.69 Å². The molecule has 2 aromatic rings. The number of nitrogens with zero attached hydrogens (tertiary/aromatic N) is 3. The van der Waals surface area contributed by atoms with Crippen LogP contribution in [0, 0.1) is 10.1 Å². The highest BCUT2D eigenvalue weighted by molar-refractivity contribution is 7.94. The van der Waals surface area contributed by atoms with Crippen LogP contribution in [-0.4, -0.2) is 23.3 Å². The van der Waals surface area contributed by atoms with Crippen molar-refractivity contribution in [3.63, 3.8) is 0 Å². The molecule has 0 saturated carbocycles. The summed E-state index contributed by atoms with van der Waals surface area (Å²) in [5.74, 6) is 0.0112. The minimum Gasteiger partial charge on any atom is -0.385 e. The summed E-state index contributed by atoms with van der Waals surface area (Å²) in [6, 6.07) is 0.901. The van der Waals surface area contributed by atoms with E-state index < -0.39 is 20.6 Å². The lowest BCUT2D eigenvalue weighted by molar-refractivity contribution is -0.383. The van der Waals surface area contributed by atoms with Gasteiger partial charge in [-0.1, -0.05) is 11.3 Å². The number of sulfonamides is 1. The minimum absolute atomic E-state index is 0.0112. The minimum atomic E-state index is -3.97. The van der Waals surface area contributed by atoms with Crippen molar-refractivity contribution >= 4 is 37.9 Å². The van der Waals surface area contributed by atoms with Gasteiger partial charge in [0.1, 0.15) is 4.21 Å². The van der Waals surface area contributed by atoms with Gasteiger partial charge < -0.3 is 5.73 Å². The standard InChI is InChI=1S/C8H7N5O4S2/c9-8-5(13(14)15)3-7(18-8)19(16,17)12-6-4-10-1-2-11-6/h1-4H,9H2,(H,11,12). The largest absolute Gasteiger partial charge is 0.385 e. The number of rotatable bonds is 4. The molecule has 0 aromatic carbocycles. The third-order valence-corrected chi connectivity index (χ3v) is 4.76. The third kappa shape index (κ3) is 2.77. The fourth-order valence-corrected chi connectivity index (χ4v) is 3.39. The van der Waals surface area contributed by atoms with Crippen molar-refractivity contribution in [1.29, 1.82) is 0 Å². The SMILES string of the molecule is Nc1sc(S(=O)(=O)Nc2cnccn2)cc1[N+](=O)[O-]. The van der Waals surface area contributed by atoms with Crippen molar-refractivity contribution in [3.05, 3.63) is 34.8 Å². The highest BCUT2D eigenvalue weighted by Gasteiger charge is 2.25. The second-order valence-corrected chi connectivity index (χ2v) is 6.26. The first-order valence-electron chi connectivity index (χ1n) is 4.72. The van der Waals surface area contributed by atoms with Crippen LogP contribution in [0.15, 0.2) is 28.9 Å². The molecule has 0 aliphatic rings. The molecule has 0 saturated heterocycles. The zero-order valence-corrected chi connectivity index (χ0v) is 10.8. The fourth-order valence-electron chi connectivity index (χ4n) is 1.19. The first kappa shape index (κ1) is 13.2. The van der Waals surface area contributed by atoms with Gasteiger partial charge in [-0.2, -0.15) is 0 Å². The lowest BCUT2D eigenvalue weighted by Crippen LogP contribution is -2.12. The summed E-state index contributed by atoms with van der Waals surface area (Å²) in [6.07, 6.45) is 3.90. The molecule has 0 atom stereocenters. The van der Waals surface area contributed by atoms with Crippen LogP contribution in [0.1, 0.15) is 0 Å². The predicted molar refractivity (Wildman–Crippen MR) is 68.2 cm³/mol. The molecule has 2 heterocycles. The highest BCUT2D eigenvalue weighted by Crippen LogP contribution is 2.34. The number of nitrogens with two attached hydrogens (primary N) is 1. The summed E-state index contributed by atoms with van der Waals surface area (Å²) in [5, 5.41) is 10.4. The van der Waals surface area contributed by atoms with Gasteiger partial charge in [-0.05, 0) is 0 Å². The van der Waals surface area contributed by atoms with Crippen molar-refractivity contribution in [3.8, 4) is 0 Å². The fraction of sp³-hybridized carbons (Fsp3) is 0. The Morgan fingerprint density at radius 2 is 2.16 bits per heavy atom. The number of aromatic nitrogens is 2. The molecule has 9 nitrogen and oxygen atoms in total. The van der Waals surface area contributed by atoms with E-state index in [0.717, 1.165) is 6.07 Å². The Balaban J connectivity index is 2.35. The third-order valence-electron chi connectivity index (χ3n) is 1.98. The smallest absolute Gasteiger partial charge is 0.304 e. The Bertz CT molecular complexity index is 712. The first-order chi connectivity index (χ1) is 8.90. The summed E-state index contributed by atoms with van der Waals surface area (Å²) in [5.41, 5.74) is 4.95. The van der Waals surface area contributed by atoms with E-state index in [1.807, 2.05) is 0 Å². The van der Waals surface area contributed by atoms with E-state index in [0.29, 0.717) is 11.3 Å². The molecule has 2 rings (SSSR count). The lowest BCUT2D eigenvalue weighted by atomic mass is 10.5. The lowest BCUT2D eigenvalue weighted by Gasteiger charge is -2.03. The number of nitro groups is 1. The van der Waals surface area contributed by atoms with Crippen molar-refractivity contribution in [1.82, 2.24) is 9.97 Å². The van der Waals surface area contributed by atoms with Crippen molar-refractivity contribution < 1.29 is 13.3 Å². The molecule has 0 radical (unpaired) electrons. The average molecular weight is 301 g/mol. The number of hydrogen-bond acceptors (Lipinski definition) is 8. The molecule has 0 fully saturated rings. The maximum Gasteiger partial charge on any atom is 0.304 e. The Hall–Kier alpha value is -2.27. The number of hydrogen-bond donors (Lipinski definition) is 2. The molecule has 100 valence electrons. The van der Waals surface area contributed by atoms with Gasteiger partial charge in [0.05, 0.1) is 11.1 Å². The van der Waals surface area contributed by atoms with Gasteiger partial charge in [0.2, 0.25) is 0 Å². The summed E-state index contributed by atoms with van der Waals surface area (Å²) in [7, 11) is -3.97.